The molecule has 0 aliphatic rings. The lowest BCUT2D eigenvalue weighted by atomic mass is 10.3. The molecule has 0 radical (unpaired) electrons. The Labute approximate surface area is 107 Å². The van der Waals surface area contributed by atoms with Crippen LogP contribution < -0.4 is 5.32 Å². The van der Waals surface area contributed by atoms with Crippen LogP contribution >= 0.6 is 0 Å². The van der Waals surface area contributed by atoms with Crippen molar-refractivity contribution in [2.75, 3.05) is 11.1 Å². The van der Waals surface area contributed by atoms with Gasteiger partial charge in [-0.1, -0.05) is 19.1 Å². The fourth-order valence-electron chi connectivity index (χ4n) is 1.71. The van der Waals surface area contributed by atoms with Gasteiger partial charge in [0.05, 0.1) is 16.3 Å². The van der Waals surface area contributed by atoms with Crippen molar-refractivity contribution in [2.45, 2.75) is 18.4 Å². The van der Waals surface area contributed by atoms with E-state index in [9.17, 15) is 8.42 Å². The topological polar surface area (TPSA) is 62.0 Å². The van der Waals surface area contributed by atoms with Crippen LogP contribution in [0.25, 0.3) is 0 Å². The van der Waals surface area contributed by atoms with Crippen LogP contribution in [-0.4, -0.2) is 19.2 Å². The SMILES string of the molecule is CCS(=O)(=O)c1ccccc1NCc1cc[nH]c1. The molecule has 1 aromatic carbocycles. The van der Waals surface area contributed by atoms with Crippen molar-refractivity contribution in [1.29, 1.82) is 0 Å². The summed E-state index contributed by atoms with van der Waals surface area (Å²) in [5.74, 6) is 0.107. The van der Waals surface area contributed by atoms with Crippen molar-refractivity contribution in [1.82, 2.24) is 4.98 Å². The van der Waals surface area contributed by atoms with E-state index in [0.29, 0.717) is 17.1 Å². The molecule has 0 spiro atoms. The van der Waals surface area contributed by atoms with Gasteiger partial charge in [0, 0.05) is 18.9 Å². The lowest BCUT2D eigenvalue weighted by molar-refractivity contribution is 0.597. The molecule has 0 unspecified atom stereocenters. The Kier molecular flexibility index (Phi) is 3.72. The fraction of sp³-hybridized carbons (Fsp3) is 0.231. The molecule has 1 aromatic heterocycles. The second-order valence-corrected chi connectivity index (χ2v) is 6.22. The number of H-pyrrole nitrogens is 1. The number of sulfone groups is 1. The van der Waals surface area contributed by atoms with Crippen LogP contribution in [0.1, 0.15) is 12.5 Å². The molecule has 5 heteroatoms. The molecule has 0 saturated heterocycles. The van der Waals surface area contributed by atoms with Crippen LogP contribution in [0.2, 0.25) is 0 Å². The molecule has 2 rings (SSSR count). The third-order valence-corrected chi connectivity index (χ3v) is 4.53. The maximum atomic E-state index is 11.9. The zero-order chi connectivity index (χ0) is 13.0. The molecule has 0 fully saturated rings. The second-order valence-electron chi connectivity index (χ2n) is 3.97. The average Bonchev–Trinajstić information content (AvgIpc) is 2.90. The molecule has 0 saturated carbocycles. The predicted molar refractivity (Wildman–Crippen MR) is 72.3 cm³/mol. The predicted octanol–water partition coefficient (Wildman–Crippen LogP) is 2.42. The van der Waals surface area contributed by atoms with Gasteiger partial charge in [-0.2, -0.15) is 0 Å². The Hall–Kier alpha value is -1.75. The van der Waals surface area contributed by atoms with Gasteiger partial charge >= 0.3 is 0 Å². The second kappa shape index (κ2) is 5.27. The number of rotatable bonds is 5. The first-order valence-electron chi connectivity index (χ1n) is 5.81. The van der Waals surface area contributed by atoms with E-state index >= 15 is 0 Å². The maximum absolute atomic E-state index is 11.9. The van der Waals surface area contributed by atoms with Crippen molar-refractivity contribution >= 4 is 15.5 Å². The zero-order valence-corrected chi connectivity index (χ0v) is 11.0. The zero-order valence-electron chi connectivity index (χ0n) is 10.2. The summed E-state index contributed by atoms with van der Waals surface area (Å²) in [6.45, 7) is 2.25. The summed E-state index contributed by atoms with van der Waals surface area (Å²) >= 11 is 0. The van der Waals surface area contributed by atoms with Crippen LogP contribution in [-0.2, 0) is 16.4 Å². The molecule has 0 aliphatic carbocycles. The molecule has 2 aromatic rings. The summed E-state index contributed by atoms with van der Waals surface area (Å²) in [7, 11) is -3.19. The Morgan fingerprint density at radius 1 is 1.22 bits per heavy atom. The first-order valence-corrected chi connectivity index (χ1v) is 7.46. The Morgan fingerprint density at radius 2 is 2.00 bits per heavy atom. The lowest BCUT2D eigenvalue weighted by Gasteiger charge is -2.11. The molecule has 0 bridgehead atoms. The van der Waals surface area contributed by atoms with Gasteiger partial charge in [0.2, 0.25) is 0 Å². The molecule has 96 valence electrons. The van der Waals surface area contributed by atoms with Crippen molar-refractivity contribution < 1.29 is 8.42 Å². The van der Waals surface area contributed by atoms with Crippen LogP contribution in [0.5, 0.6) is 0 Å². The number of hydrogen-bond donors (Lipinski definition) is 2. The molecular formula is C13H16N2O2S. The van der Waals surface area contributed by atoms with Gasteiger partial charge in [0.1, 0.15) is 0 Å². The van der Waals surface area contributed by atoms with Crippen molar-refractivity contribution in [3.63, 3.8) is 0 Å². The van der Waals surface area contributed by atoms with E-state index in [1.165, 1.54) is 0 Å². The molecule has 0 aliphatic heterocycles. The van der Waals surface area contributed by atoms with Gasteiger partial charge in [0.25, 0.3) is 0 Å². The van der Waals surface area contributed by atoms with E-state index in [1.807, 2.05) is 24.5 Å². The summed E-state index contributed by atoms with van der Waals surface area (Å²) in [6, 6.07) is 8.94. The number of aromatic amines is 1. The molecule has 0 atom stereocenters. The van der Waals surface area contributed by atoms with Gasteiger partial charge < -0.3 is 10.3 Å². The molecule has 0 amide bonds. The van der Waals surface area contributed by atoms with E-state index in [-0.39, 0.29) is 5.75 Å². The highest BCUT2D eigenvalue weighted by Crippen LogP contribution is 2.22. The lowest BCUT2D eigenvalue weighted by Crippen LogP contribution is -2.08. The third kappa shape index (κ3) is 2.73. The molecular weight excluding hydrogens is 248 g/mol. The molecule has 4 nitrogen and oxygen atoms in total. The van der Waals surface area contributed by atoms with Gasteiger partial charge in [-0.3, -0.25) is 0 Å². The first kappa shape index (κ1) is 12.7. The Morgan fingerprint density at radius 3 is 2.67 bits per heavy atom. The van der Waals surface area contributed by atoms with Crippen LogP contribution in [0, 0.1) is 0 Å². The van der Waals surface area contributed by atoms with Crippen molar-refractivity contribution in [3.8, 4) is 0 Å². The maximum Gasteiger partial charge on any atom is 0.180 e. The van der Waals surface area contributed by atoms with E-state index in [4.69, 9.17) is 0 Å². The fourth-order valence-corrected chi connectivity index (χ4v) is 2.78. The minimum Gasteiger partial charge on any atom is -0.380 e. The largest absolute Gasteiger partial charge is 0.380 e. The summed E-state index contributed by atoms with van der Waals surface area (Å²) in [4.78, 5) is 3.33. The highest BCUT2D eigenvalue weighted by atomic mass is 32.2. The Bertz CT molecular complexity index is 604. The summed E-state index contributed by atoms with van der Waals surface area (Å²) in [6.07, 6.45) is 3.72. The van der Waals surface area contributed by atoms with Gasteiger partial charge in [-0.05, 0) is 23.8 Å². The highest BCUT2D eigenvalue weighted by molar-refractivity contribution is 7.91. The van der Waals surface area contributed by atoms with Gasteiger partial charge in [-0.15, -0.1) is 0 Å². The quantitative estimate of drug-likeness (QED) is 0.871. The normalized spacial score (nSPS) is 11.4. The van der Waals surface area contributed by atoms with E-state index in [2.05, 4.69) is 10.3 Å². The number of benzene rings is 1. The molecule has 2 N–H and O–H groups in total. The number of para-hydroxylation sites is 1. The van der Waals surface area contributed by atoms with Gasteiger partial charge in [-0.25, -0.2) is 8.42 Å². The van der Waals surface area contributed by atoms with Crippen LogP contribution in [0.15, 0.2) is 47.6 Å². The number of nitrogens with one attached hydrogen (secondary N) is 2. The molecule has 18 heavy (non-hydrogen) atoms. The van der Waals surface area contributed by atoms with Crippen LogP contribution in [0.4, 0.5) is 5.69 Å². The summed E-state index contributed by atoms with van der Waals surface area (Å²) in [5.41, 5.74) is 1.74. The minimum absolute atomic E-state index is 0.107. The first-order chi connectivity index (χ1) is 8.63. The number of hydrogen-bond acceptors (Lipinski definition) is 3. The van der Waals surface area contributed by atoms with Gasteiger partial charge in [0.15, 0.2) is 9.84 Å². The van der Waals surface area contributed by atoms with Crippen molar-refractivity contribution in [2.24, 2.45) is 0 Å². The van der Waals surface area contributed by atoms with Crippen molar-refractivity contribution in [3.05, 3.63) is 48.3 Å². The Balaban J connectivity index is 2.23. The highest BCUT2D eigenvalue weighted by Gasteiger charge is 2.15. The van der Waals surface area contributed by atoms with E-state index in [0.717, 1.165) is 5.56 Å². The number of anilines is 1. The standard InChI is InChI=1S/C13H16N2O2S/c1-2-18(16,17)13-6-4-3-5-12(13)15-10-11-7-8-14-9-11/h3-9,14-15H,2,10H2,1H3. The smallest absolute Gasteiger partial charge is 0.180 e. The monoisotopic (exact) mass is 264 g/mol. The number of aromatic nitrogens is 1. The summed E-state index contributed by atoms with van der Waals surface area (Å²) in [5, 5.41) is 3.16. The third-order valence-electron chi connectivity index (χ3n) is 2.75. The molecule has 1 heterocycles. The summed E-state index contributed by atoms with van der Waals surface area (Å²) < 4.78 is 23.9. The average molecular weight is 264 g/mol. The minimum atomic E-state index is -3.19. The van der Waals surface area contributed by atoms with E-state index in [1.54, 1.807) is 25.1 Å². The van der Waals surface area contributed by atoms with E-state index < -0.39 is 9.84 Å². The van der Waals surface area contributed by atoms with Crippen LogP contribution in [0.3, 0.4) is 0 Å².